The van der Waals surface area contributed by atoms with E-state index >= 15 is 0 Å². The van der Waals surface area contributed by atoms with Gasteiger partial charge in [-0.1, -0.05) is 18.0 Å². The average molecular weight is 597 g/mol. The summed E-state index contributed by atoms with van der Waals surface area (Å²) in [5.74, 6) is 3.38. The largest absolute Gasteiger partial charge is 0.497 e. The number of aromatic nitrogens is 1. The fourth-order valence-electron chi connectivity index (χ4n) is 4.19. The molecule has 1 aromatic heterocycles. The molecule has 1 aliphatic rings. The highest BCUT2D eigenvalue weighted by molar-refractivity contribution is 7.14. The highest BCUT2D eigenvalue weighted by Gasteiger charge is 2.19. The maximum atomic E-state index is 13.1. The molecule has 0 bridgehead atoms. The molecular formula is C30H33ClN4O5S. The first-order valence-electron chi connectivity index (χ1n) is 13.4. The average Bonchev–Trinajstić information content (AvgIpc) is 3.46. The fourth-order valence-corrected chi connectivity index (χ4v) is 5.16. The van der Waals surface area contributed by atoms with Gasteiger partial charge in [0.2, 0.25) is 0 Å². The number of carbonyl (C=O) groups excluding carboxylic acids is 2. The number of halogens is 1. The number of carbonyl (C=O) groups is 2. The van der Waals surface area contributed by atoms with E-state index in [-0.39, 0.29) is 18.4 Å². The van der Waals surface area contributed by atoms with Crippen LogP contribution in [0.4, 0.5) is 10.8 Å². The van der Waals surface area contributed by atoms with Crippen LogP contribution in [0.2, 0.25) is 5.02 Å². The molecule has 4 rings (SSSR count). The third kappa shape index (κ3) is 8.60. The number of benzene rings is 2. The molecule has 2 aromatic carbocycles. The van der Waals surface area contributed by atoms with Gasteiger partial charge in [0, 0.05) is 42.6 Å². The highest BCUT2D eigenvalue weighted by Crippen LogP contribution is 2.33. The molecule has 2 amide bonds. The standard InChI is InChI=1S/C30H33ClN4O5S/c1-3-4-5-6-7-12-32-25-17-21(8-11-27(25)40-19-28(36)35-13-15-39-16-14-35)29(37)34-30-33-26(20-41-30)23-10-9-22(38-2)18-24(23)31/h1,8-11,17-18,20,32H,4-7,12-16,19H2,2H3,(H,33,34,37). The molecule has 41 heavy (non-hydrogen) atoms. The molecule has 2 N–H and O–H groups in total. The van der Waals surface area contributed by atoms with E-state index in [4.69, 9.17) is 32.2 Å². The van der Waals surface area contributed by atoms with Gasteiger partial charge in [0.05, 0.1) is 36.7 Å². The van der Waals surface area contributed by atoms with E-state index in [9.17, 15) is 9.59 Å². The topological polar surface area (TPSA) is 102 Å². The first-order valence-corrected chi connectivity index (χ1v) is 14.6. The van der Waals surface area contributed by atoms with Gasteiger partial charge < -0.3 is 24.4 Å². The number of nitrogens with zero attached hydrogens (tertiary/aromatic N) is 2. The Bertz CT molecular complexity index is 1380. The van der Waals surface area contributed by atoms with E-state index in [2.05, 4.69) is 21.5 Å². The van der Waals surface area contributed by atoms with Gasteiger partial charge >= 0.3 is 0 Å². The minimum atomic E-state index is -0.320. The third-order valence-corrected chi connectivity index (χ3v) is 7.52. The van der Waals surface area contributed by atoms with Crippen molar-refractivity contribution in [2.24, 2.45) is 0 Å². The summed E-state index contributed by atoms with van der Waals surface area (Å²) in [5, 5.41) is 8.99. The van der Waals surface area contributed by atoms with Crippen molar-refractivity contribution in [1.82, 2.24) is 9.88 Å². The fraction of sp³-hybridized carbons (Fsp3) is 0.367. The summed E-state index contributed by atoms with van der Waals surface area (Å²) in [6.45, 7) is 2.71. The first-order chi connectivity index (χ1) is 20.0. The van der Waals surface area contributed by atoms with Crippen molar-refractivity contribution < 1.29 is 23.8 Å². The molecule has 3 aromatic rings. The number of unbranched alkanes of at least 4 members (excludes halogenated alkanes) is 3. The van der Waals surface area contributed by atoms with Crippen molar-refractivity contribution in [2.75, 3.05) is 57.2 Å². The predicted molar refractivity (Wildman–Crippen MR) is 162 cm³/mol. The lowest BCUT2D eigenvalue weighted by atomic mass is 10.1. The Morgan fingerprint density at radius 2 is 2.00 bits per heavy atom. The maximum Gasteiger partial charge on any atom is 0.260 e. The zero-order valence-corrected chi connectivity index (χ0v) is 24.5. The molecular weight excluding hydrogens is 564 g/mol. The summed E-state index contributed by atoms with van der Waals surface area (Å²) >= 11 is 7.70. The number of terminal acetylenes is 1. The summed E-state index contributed by atoms with van der Waals surface area (Å²) in [6.07, 6.45) is 8.93. The number of ether oxygens (including phenoxy) is 3. The Balaban J connectivity index is 1.43. The number of hydrogen-bond acceptors (Lipinski definition) is 8. The highest BCUT2D eigenvalue weighted by atomic mass is 35.5. The van der Waals surface area contributed by atoms with Crippen LogP contribution >= 0.6 is 22.9 Å². The zero-order chi connectivity index (χ0) is 29.0. The second-order valence-electron chi connectivity index (χ2n) is 9.27. The lowest BCUT2D eigenvalue weighted by Crippen LogP contribution is -2.43. The van der Waals surface area contributed by atoms with Crippen molar-refractivity contribution in [3.63, 3.8) is 0 Å². The molecule has 0 aliphatic carbocycles. The molecule has 0 spiro atoms. The Morgan fingerprint density at radius 1 is 1.17 bits per heavy atom. The molecule has 1 fully saturated rings. The van der Waals surface area contributed by atoms with E-state index in [1.165, 1.54) is 11.3 Å². The molecule has 2 heterocycles. The van der Waals surface area contributed by atoms with Crippen LogP contribution in [0.25, 0.3) is 11.3 Å². The van der Waals surface area contributed by atoms with E-state index < -0.39 is 0 Å². The molecule has 0 atom stereocenters. The van der Waals surface area contributed by atoms with Gasteiger partial charge in [-0.05, 0) is 49.2 Å². The lowest BCUT2D eigenvalue weighted by Gasteiger charge is -2.27. The molecule has 11 heteroatoms. The van der Waals surface area contributed by atoms with Gasteiger partial charge in [-0.2, -0.15) is 0 Å². The normalized spacial score (nSPS) is 12.9. The van der Waals surface area contributed by atoms with E-state index in [1.54, 1.807) is 42.3 Å². The van der Waals surface area contributed by atoms with Gasteiger partial charge in [-0.3, -0.25) is 14.9 Å². The predicted octanol–water partition coefficient (Wildman–Crippen LogP) is 5.57. The summed E-state index contributed by atoms with van der Waals surface area (Å²) < 4.78 is 16.4. The minimum Gasteiger partial charge on any atom is -0.497 e. The SMILES string of the molecule is C#CCCCCCNc1cc(C(=O)Nc2nc(-c3ccc(OC)cc3Cl)cs2)ccc1OCC(=O)N1CCOCC1. The smallest absolute Gasteiger partial charge is 0.260 e. The summed E-state index contributed by atoms with van der Waals surface area (Å²) in [6, 6.07) is 10.4. The van der Waals surface area contributed by atoms with Crippen molar-refractivity contribution >= 4 is 45.6 Å². The van der Waals surface area contributed by atoms with Gasteiger partial charge in [0.1, 0.15) is 11.5 Å². The number of methoxy groups -OCH3 is 1. The van der Waals surface area contributed by atoms with E-state index in [0.717, 1.165) is 31.2 Å². The number of rotatable bonds is 13. The van der Waals surface area contributed by atoms with Gasteiger partial charge in [-0.15, -0.1) is 23.7 Å². The first kappa shape index (κ1) is 30.2. The van der Waals surface area contributed by atoms with Gasteiger partial charge in [0.25, 0.3) is 11.8 Å². The van der Waals surface area contributed by atoms with Crippen LogP contribution in [0, 0.1) is 12.3 Å². The number of amides is 2. The number of nitrogens with one attached hydrogen (secondary N) is 2. The number of hydrogen-bond donors (Lipinski definition) is 2. The van der Waals surface area contributed by atoms with E-state index in [1.807, 2.05) is 11.4 Å². The monoisotopic (exact) mass is 596 g/mol. The van der Waals surface area contributed by atoms with Crippen LogP contribution in [-0.4, -0.2) is 68.3 Å². The molecule has 9 nitrogen and oxygen atoms in total. The summed E-state index contributed by atoms with van der Waals surface area (Å²) in [4.78, 5) is 32.0. The third-order valence-electron chi connectivity index (χ3n) is 6.45. The Morgan fingerprint density at radius 3 is 2.76 bits per heavy atom. The Labute approximate surface area is 249 Å². The summed E-state index contributed by atoms with van der Waals surface area (Å²) in [5.41, 5.74) is 2.45. The maximum absolute atomic E-state index is 13.1. The van der Waals surface area contributed by atoms with Gasteiger partial charge in [-0.25, -0.2) is 4.98 Å². The molecule has 0 radical (unpaired) electrons. The van der Waals surface area contributed by atoms with Crippen molar-refractivity contribution in [1.29, 1.82) is 0 Å². The molecule has 216 valence electrons. The number of thiazole rings is 1. The second kappa shape index (κ2) is 15.3. The number of anilines is 2. The van der Waals surface area contributed by atoms with Crippen molar-refractivity contribution in [3.05, 3.63) is 52.4 Å². The zero-order valence-electron chi connectivity index (χ0n) is 22.9. The van der Waals surface area contributed by atoms with Crippen LogP contribution in [-0.2, 0) is 9.53 Å². The van der Waals surface area contributed by atoms with Crippen LogP contribution in [0.15, 0.2) is 41.8 Å². The van der Waals surface area contributed by atoms with Crippen LogP contribution in [0.5, 0.6) is 11.5 Å². The van der Waals surface area contributed by atoms with Crippen molar-refractivity contribution in [2.45, 2.75) is 25.7 Å². The summed E-state index contributed by atoms with van der Waals surface area (Å²) in [7, 11) is 1.58. The van der Waals surface area contributed by atoms with Crippen LogP contribution < -0.4 is 20.1 Å². The van der Waals surface area contributed by atoms with Gasteiger partial charge in [0.15, 0.2) is 11.7 Å². The number of morpholine rings is 1. The second-order valence-corrected chi connectivity index (χ2v) is 10.5. The molecule has 0 unspecified atom stereocenters. The van der Waals surface area contributed by atoms with Crippen LogP contribution in [0.3, 0.4) is 0 Å². The van der Waals surface area contributed by atoms with Crippen molar-refractivity contribution in [3.8, 4) is 35.1 Å². The minimum absolute atomic E-state index is 0.0990. The molecule has 0 saturated carbocycles. The Kier molecular flexibility index (Phi) is 11.3. The molecule has 1 aliphatic heterocycles. The van der Waals surface area contributed by atoms with E-state index in [0.29, 0.717) is 71.4 Å². The van der Waals surface area contributed by atoms with Crippen LogP contribution in [0.1, 0.15) is 36.0 Å². The quantitative estimate of drug-likeness (QED) is 0.196. The molecule has 1 saturated heterocycles. The lowest BCUT2D eigenvalue weighted by molar-refractivity contribution is -0.137. The Hall–Kier alpha value is -3.78.